The molecule has 1 aliphatic rings. The largest absolute Gasteiger partial charge is 0.337 e. The molecular formula is C16H24FN3O. The maximum atomic E-state index is 13.4. The number of likely N-dealkylation sites (tertiary alicyclic amines) is 1. The summed E-state index contributed by atoms with van der Waals surface area (Å²) < 4.78 is 13.4. The number of nitrogens with one attached hydrogen (secondary N) is 2. The van der Waals surface area contributed by atoms with Gasteiger partial charge in [0, 0.05) is 25.2 Å². The van der Waals surface area contributed by atoms with Crippen molar-refractivity contribution in [2.24, 2.45) is 5.92 Å². The van der Waals surface area contributed by atoms with Crippen molar-refractivity contribution in [3.05, 3.63) is 35.6 Å². The molecule has 0 aromatic heterocycles. The average Bonchev–Trinajstić information content (AvgIpc) is 2.48. The van der Waals surface area contributed by atoms with Crippen molar-refractivity contribution in [2.45, 2.75) is 26.3 Å². The lowest BCUT2D eigenvalue weighted by Gasteiger charge is -2.30. The van der Waals surface area contributed by atoms with Crippen molar-refractivity contribution in [3.8, 4) is 0 Å². The van der Waals surface area contributed by atoms with E-state index < -0.39 is 0 Å². The Hall–Kier alpha value is -1.62. The molecule has 5 heteroatoms. The van der Waals surface area contributed by atoms with Gasteiger partial charge in [-0.2, -0.15) is 0 Å². The minimum absolute atomic E-state index is 0.208. The van der Waals surface area contributed by atoms with E-state index in [0.717, 1.165) is 25.6 Å². The number of carbonyl (C=O) groups is 1. The van der Waals surface area contributed by atoms with Gasteiger partial charge in [-0.25, -0.2) is 9.18 Å². The maximum absolute atomic E-state index is 13.4. The van der Waals surface area contributed by atoms with Gasteiger partial charge in [-0.15, -0.1) is 0 Å². The molecule has 1 aromatic carbocycles. The van der Waals surface area contributed by atoms with E-state index in [-0.39, 0.29) is 18.4 Å². The first-order valence-corrected chi connectivity index (χ1v) is 7.62. The van der Waals surface area contributed by atoms with Crippen LogP contribution in [0.1, 0.15) is 25.3 Å². The fourth-order valence-electron chi connectivity index (χ4n) is 2.49. The standard InChI is InChI=1S/C16H24FN3O/c1-13-6-9-20(10-7-13)11-8-18-16(21)19-12-14-4-2-3-5-15(14)17/h2-5,13H,6-12H2,1H3,(H2,18,19,21). The number of carbonyl (C=O) groups excluding carboxylic acids is 1. The number of hydrogen-bond acceptors (Lipinski definition) is 2. The molecule has 0 saturated carbocycles. The maximum Gasteiger partial charge on any atom is 0.315 e. The van der Waals surface area contributed by atoms with Crippen molar-refractivity contribution in [1.29, 1.82) is 0 Å². The molecule has 2 amide bonds. The van der Waals surface area contributed by atoms with E-state index in [1.165, 1.54) is 18.9 Å². The first-order valence-electron chi connectivity index (χ1n) is 7.62. The molecule has 0 radical (unpaired) electrons. The van der Waals surface area contributed by atoms with Crippen LogP contribution >= 0.6 is 0 Å². The van der Waals surface area contributed by atoms with E-state index >= 15 is 0 Å². The highest BCUT2D eigenvalue weighted by atomic mass is 19.1. The van der Waals surface area contributed by atoms with E-state index in [4.69, 9.17) is 0 Å². The molecule has 2 N–H and O–H groups in total. The predicted molar refractivity (Wildman–Crippen MR) is 81.5 cm³/mol. The SMILES string of the molecule is CC1CCN(CCNC(=O)NCc2ccccc2F)CC1. The zero-order valence-corrected chi connectivity index (χ0v) is 12.6. The van der Waals surface area contributed by atoms with Gasteiger partial charge in [0.05, 0.1) is 0 Å². The summed E-state index contributed by atoms with van der Waals surface area (Å²) in [6.45, 7) is 6.21. The van der Waals surface area contributed by atoms with Crippen molar-refractivity contribution in [1.82, 2.24) is 15.5 Å². The summed E-state index contributed by atoms with van der Waals surface area (Å²) >= 11 is 0. The monoisotopic (exact) mass is 293 g/mol. The van der Waals surface area contributed by atoms with Crippen LogP contribution < -0.4 is 10.6 Å². The van der Waals surface area contributed by atoms with Crippen LogP contribution in [-0.4, -0.2) is 37.1 Å². The van der Waals surface area contributed by atoms with Gasteiger partial charge >= 0.3 is 6.03 Å². The Bertz CT molecular complexity index is 459. The average molecular weight is 293 g/mol. The van der Waals surface area contributed by atoms with Crippen LogP contribution in [0.4, 0.5) is 9.18 Å². The number of benzene rings is 1. The van der Waals surface area contributed by atoms with Crippen LogP contribution in [0.25, 0.3) is 0 Å². The summed E-state index contributed by atoms with van der Waals surface area (Å²) in [7, 11) is 0. The van der Waals surface area contributed by atoms with Gasteiger partial charge in [-0.3, -0.25) is 0 Å². The van der Waals surface area contributed by atoms with E-state index in [1.807, 2.05) is 0 Å². The second kappa shape index (κ2) is 7.98. The van der Waals surface area contributed by atoms with Crippen molar-refractivity contribution < 1.29 is 9.18 Å². The first kappa shape index (κ1) is 15.8. The van der Waals surface area contributed by atoms with Crippen molar-refractivity contribution >= 4 is 6.03 Å². The molecule has 0 aliphatic carbocycles. The molecule has 0 atom stereocenters. The predicted octanol–water partition coefficient (Wildman–Crippen LogP) is 2.36. The number of rotatable bonds is 5. The van der Waals surface area contributed by atoms with Gasteiger partial charge in [0.2, 0.25) is 0 Å². The number of urea groups is 1. The van der Waals surface area contributed by atoms with Gasteiger partial charge < -0.3 is 15.5 Å². The molecule has 1 fully saturated rings. The normalized spacial score (nSPS) is 16.7. The van der Waals surface area contributed by atoms with E-state index in [0.29, 0.717) is 12.1 Å². The summed E-state index contributed by atoms with van der Waals surface area (Å²) in [6, 6.07) is 6.22. The Balaban J connectivity index is 1.61. The summed E-state index contributed by atoms with van der Waals surface area (Å²) in [5, 5.41) is 5.49. The molecule has 1 heterocycles. The number of nitrogens with zero attached hydrogens (tertiary/aromatic N) is 1. The summed E-state index contributed by atoms with van der Waals surface area (Å²) in [4.78, 5) is 14.0. The molecule has 0 unspecified atom stereocenters. The molecule has 1 aromatic rings. The Morgan fingerprint density at radius 3 is 2.71 bits per heavy atom. The quantitative estimate of drug-likeness (QED) is 0.875. The highest BCUT2D eigenvalue weighted by Crippen LogP contribution is 2.15. The van der Waals surface area contributed by atoms with Gasteiger partial charge in [-0.1, -0.05) is 25.1 Å². The molecule has 116 valence electrons. The fourth-order valence-corrected chi connectivity index (χ4v) is 2.49. The third-order valence-electron chi connectivity index (χ3n) is 3.99. The number of halogens is 1. The lowest BCUT2D eigenvalue weighted by atomic mass is 9.99. The van der Waals surface area contributed by atoms with Crippen LogP contribution in [0.2, 0.25) is 0 Å². The van der Waals surface area contributed by atoms with Crippen LogP contribution in [-0.2, 0) is 6.54 Å². The Labute approximate surface area is 125 Å². The summed E-state index contributed by atoms with van der Waals surface area (Å²) in [5.41, 5.74) is 0.498. The van der Waals surface area contributed by atoms with E-state index in [1.54, 1.807) is 18.2 Å². The number of piperidine rings is 1. The summed E-state index contributed by atoms with van der Waals surface area (Å²) in [5.74, 6) is 0.526. The topological polar surface area (TPSA) is 44.4 Å². The smallest absolute Gasteiger partial charge is 0.315 e. The summed E-state index contributed by atoms with van der Waals surface area (Å²) in [6.07, 6.45) is 2.47. The molecule has 0 bridgehead atoms. The number of hydrogen-bond donors (Lipinski definition) is 2. The van der Waals surface area contributed by atoms with Crippen LogP contribution in [0.5, 0.6) is 0 Å². The molecule has 1 saturated heterocycles. The second-order valence-corrected chi connectivity index (χ2v) is 5.73. The number of amides is 2. The lowest BCUT2D eigenvalue weighted by Crippen LogP contribution is -2.42. The van der Waals surface area contributed by atoms with Crippen molar-refractivity contribution in [3.63, 3.8) is 0 Å². The minimum atomic E-state index is -0.291. The lowest BCUT2D eigenvalue weighted by molar-refractivity contribution is 0.191. The second-order valence-electron chi connectivity index (χ2n) is 5.73. The zero-order chi connectivity index (χ0) is 15.1. The van der Waals surface area contributed by atoms with Crippen LogP contribution in [0.15, 0.2) is 24.3 Å². The molecule has 1 aliphatic heterocycles. The van der Waals surface area contributed by atoms with Gasteiger partial charge in [0.25, 0.3) is 0 Å². The molecule has 2 rings (SSSR count). The molecular weight excluding hydrogens is 269 g/mol. The molecule has 0 spiro atoms. The molecule has 21 heavy (non-hydrogen) atoms. The van der Waals surface area contributed by atoms with E-state index in [9.17, 15) is 9.18 Å². The Morgan fingerprint density at radius 1 is 1.29 bits per heavy atom. The first-order chi connectivity index (χ1) is 10.1. The zero-order valence-electron chi connectivity index (χ0n) is 12.6. The van der Waals surface area contributed by atoms with Gasteiger partial charge in [0.1, 0.15) is 5.82 Å². The fraction of sp³-hybridized carbons (Fsp3) is 0.562. The van der Waals surface area contributed by atoms with Gasteiger partial charge in [-0.05, 0) is 37.9 Å². The Kier molecular flexibility index (Phi) is 5.99. The van der Waals surface area contributed by atoms with Crippen LogP contribution in [0, 0.1) is 11.7 Å². The van der Waals surface area contributed by atoms with Gasteiger partial charge in [0.15, 0.2) is 0 Å². The van der Waals surface area contributed by atoms with Crippen LogP contribution in [0.3, 0.4) is 0 Å². The minimum Gasteiger partial charge on any atom is -0.337 e. The highest BCUT2D eigenvalue weighted by Gasteiger charge is 2.15. The third kappa shape index (κ3) is 5.34. The Morgan fingerprint density at radius 2 is 2.00 bits per heavy atom. The highest BCUT2D eigenvalue weighted by molar-refractivity contribution is 5.73. The third-order valence-corrected chi connectivity index (χ3v) is 3.99. The van der Waals surface area contributed by atoms with E-state index in [2.05, 4.69) is 22.5 Å². The molecule has 4 nitrogen and oxygen atoms in total. The van der Waals surface area contributed by atoms with Crippen molar-refractivity contribution in [2.75, 3.05) is 26.2 Å².